The quantitative estimate of drug-likeness (QED) is 0.631. The van der Waals surface area contributed by atoms with Crippen molar-refractivity contribution in [2.45, 2.75) is 13.8 Å². The minimum Gasteiger partial charge on any atom is -0.256 e. The van der Waals surface area contributed by atoms with Gasteiger partial charge in [0.05, 0.1) is 5.69 Å². The van der Waals surface area contributed by atoms with E-state index in [9.17, 15) is 0 Å². The molecule has 0 saturated carbocycles. The molecule has 0 bridgehead atoms. The average molecular weight is 262 g/mol. The van der Waals surface area contributed by atoms with Gasteiger partial charge in [0.15, 0.2) is 0 Å². The van der Waals surface area contributed by atoms with Gasteiger partial charge < -0.3 is 0 Å². The molecular formula is C19H17N. The maximum atomic E-state index is 7.42. The topological polar surface area (TPSA) is 12.9 Å². The molecule has 1 nitrogen and oxygen atoms in total. The largest absolute Gasteiger partial charge is 0.256 e. The first kappa shape index (κ1) is 9.49. The lowest BCUT2D eigenvalue weighted by Gasteiger charge is -2.09. The lowest BCUT2D eigenvalue weighted by atomic mass is 9.97. The van der Waals surface area contributed by atoms with Crippen molar-refractivity contribution < 1.29 is 4.11 Å². The summed E-state index contributed by atoms with van der Waals surface area (Å²) in [6, 6.07) is 19.8. The number of aryl methyl sites for hydroxylation is 2. The molecule has 2 aromatic carbocycles. The first-order valence-electron chi connectivity index (χ1n) is 8.08. The highest BCUT2D eigenvalue weighted by atomic mass is 14.7. The van der Waals surface area contributed by atoms with Gasteiger partial charge in [0.1, 0.15) is 0 Å². The summed E-state index contributed by atoms with van der Waals surface area (Å²) in [6.07, 6.45) is 1.43. The van der Waals surface area contributed by atoms with E-state index in [1.165, 1.54) is 11.8 Å². The summed E-state index contributed by atoms with van der Waals surface area (Å²) >= 11 is 0. The molecule has 0 radical (unpaired) electrons. The van der Waals surface area contributed by atoms with Crippen molar-refractivity contribution in [2.24, 2.45) is 0 Å². The van der Waals surface area contributed by atoms with Crippen LogP contribution in [-0.2, 0) is 0 Å². The maximum absolute atomic E-state index is 7.42. The highest BCUT2D eigenvalue weighted by molar-refractivity contribution is 5.74. The molecule has 0 amide bonds. The van der Waals surface area contributed by atoms with Crippen molar-refractivity contribution in [1.29, 1.82) is 0 Å². The van der Waals surface area contributed by atoms with E-state index in [-0.39, 0.29) is 5.56 Å². The van der Waals surface area contributed by atoms with Gasteiger partial charge in [-0.15, -0.1) is 0 Å². The lowest BCUT2D eigenvalue weighted by Crippen LogP contribution is -1.88. The van der Waals surface area contributed by atoms with Gasteiger partial charge >= 0.3 is 0 Å². The van der Waals surface area contributed by atoms with Gasteiger partial charge in [-0.1, -0.05) is 48.5 Å². The van der Waals surface area contributed by atoms with E-state index < -0.39 is 6.85 Å². The van der Waals surface area contributed by atoms with E-state index in [1.807, 2.05) is 24.3 Å². The van der Waals surface area contributed by atoms with Crippen LogP contribution in [0.25, 0.3) is 22.4 Å². The molecule has 3 aromatic rings. The molecule has 0 saturated heterocycles. The Kier molecular flexibility index (Phi) is 2.51. The molecule has 20 heavy (non-hydrogen) atoms. The summed E-state index contributed by atoms with van der Waals surface area (Å²) in [7, 11) is 0. The smallest absolute Gasteiger partial charge is 0.0702 e. The molecular weight excluding hydrogens is 242 g/mol. The van der Waals surface area contributed by atoms with Crippen molar-refractivity contribution >= 4 is 0 Å². The summed E-state index contributed by atoms with van der Waals surface area (Å²) in [6.45, 7) is -0.0364. The number of aromatic nitrogens is 1. The van der Waals surface area contributed by atoms with Crippen LogP contribution in [0.4, 0.5) is 0 Å². The molecule has 0 unspecified atom stereocenters. The zero-order valence-corrected chi connectivity index (χ0v) is 11.3. The molecule has 0 aliphatic rings. The van der Waals surface area contributed by atoms with Gasteiger partial charge in [-0.2, -0.15) is 0 Å². The van der Waals surface area contributed by atoms with Gasteiger partial charge in [-0.05, 0) is 48.2 Å². The number of benzene rings is 2. The minimum absolute atomic E-state index is 0.261. The highest BCUT2D eigenvalue weighted by Gasteiger charge is 2.05. The van der Waals surface area contributed by atoms with Crippen LogP contribution in [0.3, 0.4) is 0 Å². The molecule has 98 valence electrons. The predicted molar refractivity (Wildman–Crippen MR) is 84.6 cm³/mol. The van der Waals surface area contributed by atoms with Crippen LogP contribution in [0, 0.1) is 13.8 Å². The van der Waals surface area contributed by atoms with Gasteiger partial charge in [0.2, 0.25) is 0 Å². The third-order valence-electron chi connectivity index (χ3n) is 3.38. The highest BCUT2D eigenvalue weighted by Crippen LogP contribution is 2.28. The minimum atomic E-state index is -2.12. The third kappa shape index (κ3) is 2.48. The van der Waals surface area contributed by atoms with Crippen molar-refractivity contribution in [1.82, 2.24) is 4.98 Å². The van der Waals surface area contributed by atoms with Crippen molar-refractivity contribution in [3.63, 3.8) is 0 Å². The molecule has 0 aliphatic carbocycles. The zero-order chi connectivity index (χ0) is 16.4. The van der Waals surface area contributed by atoms with Gasteiger partial charge in [-0.3, -0.25) is 4.98 Å². The SMILES string of the molecule is [2H]C([2H])([2H])c1ccc(-c2ccc(C)c(-c3ccccc3)c2)nc1. The summed E-state index contributed by atoms with van der Waals surface area (Å²) in [5.74, 6) is 0. The van der Waals surface area contributed by atoms with Crippen LogP contribution >= 0.6 is 0 Å². The molecule has 0 aliphatic heterocycles. The number of nitrogens with zero attached hydrogens (tertiary/aromatic N) is 1. The number of hydrogen-bond donors (Lipinski definition) is 0. The summed E-state index contributed by atoms with van der Waals surface area (Å²) in [5, 5.41) is 0. The maximum Gasteiger partial charge on any atom is 0.0702 e. The molecule has 0 spiro atoms. The summed E-state index contributed by atoms with van der Waals surface area (Å²) < 4.78 is 22.2. The third-order valence-corrected chi connectivity index (χ3v) is 3.38. The van der Waals surface area contributed by atoms with Crippen molar-refractivity contribution in [2.75, 3.05) is 0 Å². The van der Waals surface area contributed by atoms with Crippen molar-refractivity contribution in [3.8, 4) is 22.4 Å². The summed E-state index contributed by atoms with van der Waals surface area (Å²) in [5.41, 5.74) is 5.52. The van der Waals surface area contributed by atoms with E-state index >= 15 is 0 Å². The Hall–Kier alpha value is -2.41. The van der Waals surface area contributed by atoms with Crippen LogP contribution in [0.5, 0.6) is 0 Å². The normalized spacial score (nSPS) is 13.3. The monoisotopic (exact) mass is 262 g/mol. The number of hydrogen-bond acceptors (Lipinski definition) is 1. The van der Waals surface area contributed by atoms with Crippen LogP contribution in [0.2, 0.25) is 0 Å². The Morgan fingerprint density at radius 3 is 2.45 bits per heavy atom. The Bertz CT molecular complexity index is 806. The van der Waals surface area contributed by atoms with E-state index in [1.54, 1.807) is 12.1 Å². The fourth-order valence-electron chi connectivity index (χ4n) is 2.27. The summed E-state index contributed by atoms with van der Waals surface area (Å²) in [4.78, 5) is 4.32. The Labute approximate surface area is 124 Å². The Morgan fingerprint density at radius 1 is 0.900 bits per heavy atom. The second-order valence-corrected chi connectivity index (χ2v) is 4.83. The van der Waals surface area contributed by atoms with E-state index in [4.69, 9.17) is 4.11 Å². The lowest BCUT2D eigenvalue weighted by molar-refractivity contribution is 1.27. The molecule has 0 fully saturated rings. The fourth-order valence-corrected chi connectivity index (χ4v) is 2.27. The van der Waals surface area contributed by atoms with Crippen LogP contribution in [-0.4, -0.2) is 4.98 Å². The van der Waals surface area contributed by atoms with Crippen molar-refractivity contribution in [3.05, 3.63) is 78.0 Å². The molecule has 1 aromatic heterocycles. The van der Waals surface area contributed by atoms with Gasteiger partial charge in [-0.25, -0.2) is 0 Å². The second-order valence-electron chi connectivity index (χ2n) is 4.83. The van der Waals surface area contributed by atoms with Crippen LogP contribution in [0.1, 0.15) is 15.2 Å². The van der Waals surface area contributed by atoms with Gasteiger partial charge in [0, 0.05) is 15.9 Å². The first-order valence-corrected chi connectivity index (χ1v) is 6.58. The van der Waals surface area contributed by atoms with E-state index in [0.717, 1.165) is 22.4 Å². The molecule has 0 N–H and O–H groups in total. The standard InChI is InChI=1S/C19H17N/c1-14-8-11-19(20-13-14)17-10-9-15(2)18(12-17)16-6-4-3-5-7-16/h3-13H,1-2H3/i1D3. The van der Waals surface area contributed by atoms with Gasteiger partial charge in [0.25, 0.3) is 0 Å². The first-order chi connectivity index (χ1) is 10.9. The Balaban J connectivity index is 2.01. The molecule has 3 rings (SSSR count). The average Bonchev–Trinajstić information content (AvgIpc) is 2.55. The number of pyridine rings is 1. The Morgan fingerprint density at radius 2 is 1.75 bits per heavy atom. The molecule has 1 heterocycles. The van der Waals surface area contributed by atoms with E-state index in [0.29, 0.717) is 0 Å². The fraction of sp³-hybridized carbons (Fsp3) is 0.105. The predicted octanol–water partition coefficient (Wildman–Crippen LogP) is 5.03. The molecule has 0 atom stereocenters. The van der Waals surface area contributed by atoms with Crippen LogP contribution in [0.15, 0.2) is 66.9 Å². The molecule has 1 heteroatoms. The van der Waals surface area contributed by atoms with E-state index in [2.05, 4.69) is 36.2 Å². The van der Waals surface area contributed by atoms with Crippen LogP contribution < -0.4 is 0 Å². The zero-order valence-electron chi connectivity index (χ0n) is 14.3. The number of rotatable bonds is 2. The second kappa shape index (κ2) is 5.30.